The Morgan fingerprint density at radius 3 is 1.43 bits per heavy atom. The molecule has 2 atom stereocenters. The second kappa shape index (κ2) is 16.5. The van der Waals surface area contributed by atoms with Gasteiger partial charge in [0.05, 0.1) is 12.1 Å². The van der Waals surface area contributed by atoms with Crippen LogP contribution in [0.4, 0.5) is 0 Å². The van der Waals surface area contributed by atoms with E-state index in [0.29, 0.717) is 0 Å². The van der Waals surface area contributed by atoms with Crippen molar-refractivity contribution in [2.24, 2.45) is 9.98 Å². The number of carbonyl (C=O) groups excluding carboxylic acids is 2. The van der Waals surface area contributed by atoms with Gasteiger partial charge in [0.1, 0.15) is 11.5 Å². The fourth-order valence-electron chi connectivity index (χ4n) is 3.35. The number of aliphatic imine (C=N–C) groups is 2. The summed E-state index contributed by atoms with van der Waals surface area (Å²) in [5.41, 5.74) is 3.68. The molecule has 2 N–H and O–H groups in total. The van der Waals surface area contributed by atoms with Crippen LogP contribution in [0, 0.1) is 13.8 Å². The van der Waals surface area contributed by atoms with Crippen molar-refractivity contribution in [2.75, 3.05) is 0 Å². The van der Waals surface area contributed by atoms with Crippen molar-refractivity contribution in [3.8, 4) is 11.5 Å². The normalized spacial score (nSPS) is 16.9. The first kappa shape index (κ1) is 31.8. The van der Waals surface area contributed by atoms with Gasteiger partial charge in [-0.05, 0) is 64.8 Å². The van der Waals surface area contributed by atoms with Crippen LogP contribution in [0.3, 0.4) is 0 Å². The predicted molar refractivity (Wildman–Crippen MR) is 128 cm³/mol. The summed E-state index contributed by atoms with van der Waals surface area (Å²) < 4.78 is 0. The fourth-order valence-corrected chi connectivity index (χ4v) is 3.35. The number of aryl methyl sites for hydroxylation is 2. The SMILES string of the molecule is CC(=O)[O-].CC(=O)[O-].Cc1ccc(O)c(C=NC2CCCCC2N=Cc2cc(C)ccc2O)c1.[Co+2]. The fraction of sp³-hybridized carbons (Fsp3) is 0.385. The molecule has 1 radical (unpaired) electrons. The Labute approximate surface area is 216 Å². The maximum absolute atomic E-state index is 9.99. The quantitative estimate of drug-likeness (QED) is 0.583. The molecule has 1 aliphatic rings. The van der Waals surface area contributed by atoms with Gasteiger partial charge in [0.25, 0.3) is 0 Å². The molecule has 0 spiro atoms. The second-order valence-electron chi connectivity index (χ2n) is 8.08. The van der Waals surface area contributed by atoms with Crippen LogP contribution in [0.5, 0.6) is 11.5 Å². The number of phenols is 2. The van der Waals surface area contributed by atoms with Gasteiger partial charge in [-0.15, -0.1) is 0 Å². The molecule has 0 amide bonds. The van der Waals surface area contributed by atoms with Gasteiger partial charge in [-0.1, -0.05) is 36.1 Å². The van der Waals surface area contributed by atoms with Crippen molar-refractivity contribution < 1.29 is 46.8 Å². The molecular weight excluding hydrogens is 495 g/mol. The third-order valence-electron chi connectivity index (χ3n) is 4.87. The minimum atomic E-state index is -1.08. The van der Waals surface area contributed by atoms with Crippen LogP contribution in [-0.4, -0.2) is 46.7 Å². The number of aliphatic carboxylic acids is 2. The summed E-state index contributed by atoms with van der Waals surface area (Å²) >= 11 is 0. The van der Waals surface area contributed by atoms with Crippen molar-refractivity contribution in [1.29, 1.82) is 0 Å². The van der Waals surface area contributed by atoms with E-state index in [0.717, 1.165) is 61.8 Å². The van der Waals surface area contributed by atoms with Gasteiger partial charge in [-0.2, -0.15) is 0 Å². The number of benzene rings is 2. The maximum Gasteiger partial charge on any atom is 2.00 e. The predicted octanol–water partition coefficient (Wildman–Crippen LogP) is 2.07. The van der Waals surface area contributed by atoms with Crippen molar-refractivity contribution in [1.82, 2.24) is 0 Å². The van der Waals surface area contributed by atoms with E-state index in [1.165, 1.54) is 0 Å². The number of carboxylic acid groups (broad SMARTS) is 2. The average molecular weight is 527 g/mol. The molecule has 191 valence electrons. The summed E-state index contributed by atoms with van der Waals surface area (Å²) in [6.07, 6.45) is 7.80. The molecule has 0 aliphatic heterocycles. The van der Waals surface area contributed by atoms with Gasteiger partial charge in [0.15, 0.2) is 0 Å². The number of nitrogens with zero attached hydrogens (tertiary/aromatic N) is 2. The Morgan fingerprint density at radius 1 is 0.800 bits per heavy atom. The van der Waals surface area contributed by atoms with Gasteiger partial charge >= 0.3 is 16.8 Å². The summed E-state index contributed by atoms with van der Waals surface area (Å²) in [6.45, 7) is 5.94. The van der Waals surface area contributed by atoms with Gasteiger partial charge in [-0.25, -0.2) is 0 Å². The van der Waals surface area contributed by atoms with E-state index in [2.05, 4.69) is 0 Å². The second-order valence-corrected chi connectivity index (χ2v) is 8.08. The van der Waals surface area contributed by atoms with Crippen LogP contribution in [-0.2, 0) is 26.4 Å². The van der Waals surface area contributed by atoms with Gasteiger partial charge in [0.2, 0.25) is 0 Å². The number of carbonyl (C=O) groups is 2. The monoisotopic (exact) mass is 527 g/mol. The Hall–Kier alpha value is -3.17. The topological polar surface area (TPSA) is 145 Å². The zero-order valence-electron chi connectivity index (χ0n) is 20.4. The molecule has 1 fully saturated rings. The standard InChI is InChI=1S/C22H26N2O2.2C2H4O2.Co/c1-15-7-9-21(25)17(11-15)13-23-19-5-3-4-6-20(19)24-14-18-12-16(2)8-10-22(18)26;2*1-2(3)4;/h7-14,19-20,25-26H,3-6H2,1-2H3;2*1H3,(H,3,4);/q;;;+2/p-2. The number of rotatable bonds is 4. The summed E-state index contributed by atoms with van der Waals surface area (Å²) in [6, 6.07) is 11.2. The first-order valence-electron chi connectivity index (χ1n) is 11.0. The first-order chi connectivity index (χ1) is 16.0. The molecule has 0 heterocycles. The van der Waals surface area contributed by atoms with Crippen LogP contribution < -0.4 is 10.2 Å². The number of hydrogen-bond acceptors (Lipinski definition) is 8. The Bertz CT molecular complexity index is 933. The van der Waals surface area contributed by atoms with Crippen molar-refractivity contribution in [2.45, 2.75) is 65.5 Å². The van der Waals surface area contributed by atoms with Crippen molar-refractivity contribution in [3.05, 3.63) is 58.7 Å². The third kappa shape index (κ3) is 13.3. The number of hydrogen-bond donors (Lipinski definition) is 2. The van der Waals surface area contributed by atoms with E-state index < -0.39 is 11.9 Å². The van der Waals surface area contributed by atoms with E-state index in [1.807, 2.05) is 38.1 Å². The van der Waals surface area contributed by atoms with E-state index in [9.17, 15) is 10.2 Å². The molecule has 0 bridgehead atoms. The van der Waals surface area contributed by atoms with Gasteiger partial charge in [-0.3, -0.25) is 9.98 Å². The molecule has 0 saturated heterocycles. The Morgan fingerprint density at radius 2 is 1.11 bits per heavy atom. The minimum absolute atomic E-state index is 0. The summed E-state index contributed by atoms with van der Waals surface area (Å²) in [5.74, 6) is -1.67. The molecule has 3 rings (SSSR count). The Balaban J connectivity index is 0.00000112. The van der Waals surface area contributed by atoms with Gasteiger partial charge < -0.3 is 30.0 Å². The van der Waals surface area contributed by atoms with E-state index in [1.54, 1.807) is 24.6 Å². The number of carboxylic acids is 2. The molecule has 35 heavy (non-hydrogen) atoms. The Kier molecular flexibility index (Phi) is 15.0. The zero-order chi connectivity index (χ0) is 25.7. The first-order valence-corrected chi connectivity index (χ1v) is 11.0. The molecule has 1 saturated carbocycles. The van der Waals surface area contributed by atoms with Gasteiger partial charge in [0, 0.05) is 35.5 Å². The largest absolute Gasteiger partial charge is 2.00 e. The summed E-state index contributed by atoms with van der Waals surface area (Å²) in [4.78, 5) is 27.2. The van der Waals surface area contributed by atoms with E-state index in [-0.39, 0.29) is 40.4 Å². The van der Waals surface area contributed by atoms with Crippen LogP contribution >= 0.6 is 0 Å². The van der Waals surface area contributed by atoms with Crippen LogP contribution in [0.1, 0.15) is 61.8 Å². The van der Waals surface area contributed by atoms with Crippen LogP contribution in [0.15, 0.2) is 46.4 Å². The summed E-state index contributed by atoms with van der Waals surface area (Å²) in [5, 5.41) is 37.8. The van der Waals surface area contributed by atoms with E-state index >= 15 is 0 Å². The minimum Gasteiger partial charge on any atom is -0.550 e. The molecule has 2 aromatic rings. The molecule has 1 aliphatic carbocycles. The van der Waals surface area contributed by atoms with Crippen LogP contribution in [0.2, 0.25) is 0 Å². The maximum atomic E-state index is 9.99. The molecule has 8 nitrogen and oxygen atoms in total. The van der Waals surface area contributed by atoms with Crippen molar-refractivity contribution in [3.63, 3.8) is 0 Å². The molecule has 0 aromatic heterocycles. The van der Waals surface area contributed by atoms with Crippen LogP contribution in [0.25, 0.3) is 0 Å². The summed E-state index contributed by atoms with van der Waals surface area (Å²) in [7, 11) is 0. The molecule has 9 heteroatoms. The smallest absolute Gasteiger partial charge is 0.550 e. The number of aromatic hydroxyl groups is 2. The zero-order valence-corrected chi connectivity index (χ0v) is 21.4. The molecule has 2 aromatic carbocycles. The number of phenolic OH excluding ortho intramolecular Hbond substituents is 2. The van der Waals surface area contributed by atoms with Crippen molar-refractivity contribution >= 4 is 24.4 Å². The molecular formula is C26H32CoN2O6. The average Bonchev–Trinajstić information content (AvgIpc) is 2.75. The molecule has 2 unspecified atom stereocenters. The van der Waals surface area contributed by atoms with E-state index in [4.69, 9.17) is 29.8 Å². The third-order valence-corrected chi connectivity index (χ3v) is 4.87.